The van der Waals surface area contributed by atoms with E-state index < -0.39 is 8.07 Å². The molecular formula is C7H10Br2SSi. The minimum atomic E-state index is -1.12. The van der Waals surface area contributed by atoms with Crippen molar-refractivity contribution in [3.63, 3.8) is 0 Å². The monoisotopic (exact) mass is 312 g/mol. The lowest BCUT2D eigenvalue weighted by molar-refractivity contribution is 1.74. The fourth-order valence-electron chi connectivity index (χ4n) is 0.852. The van der Waals surface area contributed by atoms with Gasteiger partial charge in [0.25, 0.3) is 0 Å². The fraction of sp³-hybridized carbons (Fsp3) is 0.429. The van der Waals surface area contributed by atoms with Crippen molar-refractivity contribution in [1.82, 2.24) is 0 Å². The largest absolute Gasteiger partial charge is 0.121 e. The summed E-state index contributed by atoms with van der Waals surface area (Å²) in [5.74, 6) is 0. The standard InChI is InChI=1S/C7H10Br2SSi/c1-11(2,3)5-4-6(8)10-7(5)9/h4H,1-3H3. The molecule has 0 nitrogen and oxygen atoms in total. The summed E-state index contributed by atoms with van der Waals surface area (Å²) in [6.45, 7) is 7.06. The van der Waals surface area contributed by atoms with Gasteiger partial charge >= 0.3 is 0 Å². The average Bonchev–Trinajstić information content (AvgIpc) is 2.08. The highest BCUT2D eigenvalue weighted by Gasteiger charge is 2.21. The molecule has 1 aromatic rings. The van der Waals surface area contributed by atoms with Gasteiger partial charge in [-0.3, -0.25) is 0 Å². The SMILES string of the molecule is C[Si](C)(C)c1cc(Br)sc1Br. The first-order valence-electron chi connectivity index (χ1n) is 3.36. The van der Waals surface area contributed by atoms with Gasteiger partial charge in [0.05, 0.1) is 15.6 Å². The van der Waals surface area contributed by atoms with Crippen LogP contribution >= 0.6 is 43.2 Å². The Kier molecular flexibility index (Phi) is 3.01. The van der Waals surface area contributed by atoms with Gasteiger partial charge in [-0.25, -0.2) is 0 Å². The Morgan fingerprint density at radius 1 is 1.27 bits per heavy atom. The second-order valence-electron chi connectivity index (χ2n) is 3.49. The van der Waals surface area contributed by atoms with E-state index in [2.05, 4.69) is 57.6 Å². The maximum absolute atomic E-state index is 3.58. The summed E-state index contributed by atoms with van der Waals surface area (Å²) in [4.78, 5) is 0. The van der Waals surface area contributed by atoms with E-state index in [4.69, 9.17) is 0 Å². The number of halogens is 2. The predicted octanol–water partition coefficient (Wildman–Crippen LogP) is 3.82. The molecular weight excluding hydrogens is 304 g/mol. The molecule has 0 N–H and O–H groups in total. The van der Waals surface area contributed by atoms with Crippen molar-refractivity contribution < 1.29 is 0 Å². The lowest BCUT2D eigenvalue weighted by atomic mass is 10.7. The van der Waals surface area contributed by atoms with Crippen molar-refractivity contribution in [2.24, 2.45) is 0 Å². The third-order valence-electron chi connectivity index (χ3n) is 1.46. The third-order valence-corrected chi connectivity index (χ3v) is 6.36. The van der Waals surface area contributed by atoms with Gasteiger partial charge in [-0.1, -0.05) is 19.6 Å². The van der Waals surface area contributed by atoms with Gasteiger partial charge in [-0.15, -0.1) is 11.3 Å². The normalized spacial score (nSPS) is 12.1. The first-order chi connectivity index (χ1) is 4.91. The second kappa shape index (κ2) is 3.32. The predicted molar refractivity (Wildman–Crippen MR) is 62.7 cm³/mol. The van der Waals surface area contributed by atoms with Crippen molar-refractivity contribution in [2.45, 2.75) is 19.6 Å². The number of thiophene rings is 1. The molecule has 0 unspecified atom stereocenters. The van der Waals surface area contributed by atoms with Crippen molar-refractivity contribution in [1.29, 1.82) is 0 Å². The molecule has 0 fully saturated rings. The average molecular weight is 314 g/mol. The molecule has 0 atom stereocenters. The fourth-order valence-corrected chi connectivity index (χ4v) is 7.71. The summed E-state index contributed by atoms with van der Waals surface area (Å²) in [6.07, 6.45) is 0. The quantitative estimate of drug-likeness (QED) is 0.691. The summed E-state index contributed by atoms with van der Waals surface area (Å²) in [5.41, 5.74) is 0. The Bertz CT molecular complexity index is 262. The number of hydrogen-bond acceptors (Lipinski definition) is 1. The van der Waals surface area contributed by atoms with Crippen LogP contribution in [0.15, 0.2) is 13.6 Å². The van der Waals surface area contributed by atoms with E-state index in [9.17, 15) is 0 Å². The van der Waals surface area contributed by atoms with Crippen LogP contribution in [0.5, 0.6) is 0 Å². The van der Waals surface area contributed by atoms with E-state index in [1.807, 2.05) is 0 Å². The van der Waals surface area contributed by atoms with Crippen LogP contribution in [0.25, 0.3) is 0 Å². The molecule has 0 aromatic carbocycles. The van der Waals surface area contributed by atoms with Crippen molar-refractivity contribution in [3.05, 3.63) is 13.6 Å². The second-order valence-corrected chi connectivity index (χ2v) is 12.3. The zero-order valence-corrected chi connectivity index (χ0v) is 11.7. The molecule has 11 heavy (non-hydrogen) atoms. The van der Waals surface area contributed by atoms with E-state index in [0.29, 0.717) is 0 Å². The van der Waals surface area contributed by atoms with Crippen molar-refractivity contribution in [2.75, 3.05) is 0 Å². The number of rotatable bonds is 1. The lowest BCUT2D eigenvalue weighted by Crippen LogP contribution is -2.37. The van der Waals surface area contributed by atoms with Crippen LogP contribution in [0.1, 0.15) is 0 Å². The summed E-state index contributed by atoms with van der Waals surface area (Å²) < 4.78 is 2.52. The molecule has 0 aliphatic carbocycles. The Hall–Kier alpha value is 0.877. The molecule has 0 aliphatic heterocycles. The van der Waals surface area contributed by atoms with E-state index in [-0.39, 0.29) is 0 Å². The Balaban J connectivity index is 3.13. The van der Waals surface area contributed by atoms with Gasteiger partial charge in [-0.2, -0.15) is 0 Å². The van der Waals surface area contributed by atoms with Crippen LogP contribution in [0.4, 0.5) is 0 Å². The summed E-state index contributed by atoms with van der Waals surface area (Å²) in [5, 5.41) is 1.51. The van der Waals surface area contributed by atoms with Crippen LogP contribution in [0.2, 0.25) is 19.6 Å². The topological polar surface area (TPSA) is 0 Å². The highest BCUT2D eigenvalue weighted by molar-refractivity contribution is 9.12. The molecule has 0 aliphatic rings. The molecule has 1 aromatic heterocycles. The van der Waals surface area contributed by atoms with Crippen molar-refractivity contribution in [3.8, 4) is 0 Å². The van der Waals surface area contributed by atoms with E-state index in [0.717, 1.165) is 0 Å². The summed E-state index contributed by atoms with van der Waals surface area (Å²) >= 11 is 8.83. The highest BCUT2D eigenvalue weighted by Crippen LogP contribution is 2.27. The van der Waals surface area contributed by atoms with E-state index >= 15 is 0 Å². The summed E-state index contributed by atoms with van der Waals surface area (Å²) in [6, 6.07) is 2.24. The maximum atomic E-state index is 3.58. The maximum Gasteiger partial charge on any atom is 0.0802 e. The molecule has 0 saturated heterocycles. The zero-order chi connectivity index (χ0) is 8.65. The first-order valence-corrected chi connectivity index (χ1v) is 9.27. The molecule has 62 valence electrons. The lowest BCUT2D eigenvalue weighted by Gasteiger charge is -2.14. The number of hydrogen-bond donors (Lipinski definition) is 0. The van der Waals surface area contributed by atoms with E-state index in [1.165, 1.54) is 12.8 Å². The molecule has 0 bridgehead atoms. The minimum absolute atomic E-state index is 1.12. The molecule has 0 amide bonds. The van der Waals surface area contributed by atoms with Gasteiger partial charge in [0.2, 0.25) is 0 Å². The molecule has 0 spiro atoms. The van der Waals surface area contributed by atoms with Crippen LogP contribution in [0, 0.1) is 0 Å². The van der Waals surface area contributed by atoms with Crippen LogP contribution in [-0.4, -0.2) is 8.07 Å². The van der Waals surface area contributed by atoms with E-state index in [1.54, 1.807) is 11.3 Å². The third kappa shape index (κ3) is 2.41. The van der Waals surface area contributed by atoms with Gasteiger partial charge in [0, 0.05) is 0 Å². The van der Waals surface area contributed by atoms with Gasteiger partial charge in [0.15, 0.2) is 0 Å². The summed E-state index contributed by atoms with van der Waals surface area (Å²) in [7, 11) is -1.12. The van der Waals surface area contributed by atoms with Crippen LogP contribution in [-0.2, 0) is 0 Å². The first kappa shape index (κ1) is 9.96. The Morgan fingerprint density at radius 2 is 1.82 bits per heavy atom. The van der Waals surface area contributed by atoms with Crippen molar-refractivity contribution >= 4 is 56.5 Å². The molecule has 0 radical (unpaired) electrons. The minimum Gasteiger partial charge on any atom is -0.121 e. The smallest absolute Gasteiger partial charge is 0.0802 e. The van der Waals surface area contributed by atoms with Crippen LogP contribution < -0.4 is 5.19 Å². The molecule has 4 heteroatoms. The zero-order valence-electron chi connectivity index (χ0n) is 6.74. The van der Waals surface area contributed by atoms with Gasteiger partial charge in [-0.05, 0) is 43.1 Å². The highest BCUT2D eigenvalue weighted by atomic mass is 79.9. The molecule has 0 saturated carbocycles. The molecule has 1 heterocycles. The Morgan fingerprint density at radius 3 is 2.00 bits per heavy atom. The van der Waals surface area contributed by atoms with Gasteiger partial charge in [0.1, 0.15) is 0 Å². The Labute approximate surface area is 89.3 Å². The van der Waals surface area contributed by atoms with Gasteiger partial charge < -0.3 is 0 Å². The molecule has 1 rings (SSSR count). The van der Waals surface area contributed by atoms with Crippen LogP contribution in [0.3, 0.4) is 0 Å².